The molecule has 0 aliphatic carbocycles. The summed E-state index contributed by atoms with van der Waals surface area (Å²) in [5.74, 6) is 0.306. The molecule has 0 bridgehead atoms. The molecule has 1 amide bonds. The number of hydrogen-bond acceptors (Lipinski definition) is 4. The molecule has 1 unspecified atom stereocenters. The number of rotatable bonds is 2. The van der Waals surface area contributed by atoms with Gasteiger partial charge in [0.2, 0.25) is 0 Å². The Labute approximate surface area is 187 Å². The Morgan fingerprint density at radius 3 is 2.40 bits per heavy atom. The van der Waals surface area contributed by atoms with Crippen LogP contribution in [-0.2, 0) is 11.3 Å². The second kappa shape index (κ2) is 10.4. The lowest BCUT2D eigenvalue weighted by molar-refractivity contribution is 0.0392. The van der Waals surface area contributed by atoms with Gasteiger partial charge in [0.25, 0.3) is 0 Å². The molecule has 2 aromatic carbocycles. The van der Waals surface area contributed by atoms with Gasteiger partial charge in [0.05, 0.1) is 13.2 Å². The highest BCUT2D eigenvalue weighted by molar-refractivity contribution is 6.35. The van der Waals surface area contributed by atoms with Crippen molar-refractivity contribution in [3.63, 3.8) is 0 Å². The molecule has 0 saturated carbocycles. The predicted molar refractivity (Wildman–Crippen MR) is 121 cm³/mol. The van der Waals surface area contributed by atoms with Crippen LogP contribution in [0.3, 0.4) is 0 Å². The number of hydrogen-bond donors (Lipinski definition) is 2. The molecule has 2 aliphatic heterocycles. The number of halogens is 2. The molecule has 4 rings (SSSR count). The predicted octanol–water partition coefficient (Wildman–Crippen LogP) is 4.61. The number of fused-ring (bicyclic) bond motifs is 1. The number of carboxylic acid groups (broad SMARTS) is 1. The second-order valence-electron chi connectivity index (χ2n) is 7.46. The Bertz CT molecular complexity index is 871. The van der Waals surface area contributed by atoms with E-state index in [1.165, 1.54) is 21.6 Å². The Morgan fingerprint density at radius 1 is 1.17 bits per heavy atom. The van der Waals surface area contributed by atoms with Gasteiger partial charge in [-0.2, -0.15) is 0 Å². The molecule has 162 valence electrons. The van der Waals surface area contributed by atoms with Gasteiger partial charge in [-0.3, -0.25) is 0 Å². The highest BCUT2D eigenvalue weighted by Gasteiger charge is 2.26. The first-order valence-corrected chi connectivity index (χ1v) is 10.6. The first kappa shape index (κ1) is 22.7. The number of ether oxygens (including phenoxy) is 1. The Morgan fingerprint density at radius 2 is 1.83 bits per heavy atom. The van der Waals surface area contributed by atoms with Crippen molar-refractivity contribution in [3.8, 4) is 0 Å². The number of carbonyl (C=O) groups is 1. The molecule has 1 saturated heterocycles. The van der Waals surface area contributed by atoms with Gasteiger partial charge in [-0.15, -0.1) is 0 Å². The van der Waals surface area contributed by atoms with Crippen LogP contribution in [0.4, 0.5) is 10.5 Å². The molecule has 0 aromatic heterocycles. The van der Waals surface area contributed by atoms with Gasteiger partial charge in [0.15, 0.2) is 0 Å². The lowest BCUT2D eigenvalue weighted by Gasteiger charge is -2.33. The first-order chi connectivity index (χ1) is 14.4. The standard InChI is InChI=1S/C17H18Cl2N2.C5H9NO3/c1-20-13-5-3-11(4-6-13)15-9-21(2)10-16-14(15)7-12(18)8-17(16)19;7-5(8)6-1-3-9-4-2-6/h3-8,15,20H,9-10H2,1-2H3;1-4H2,(H,7,8). The van der Waals surface area contributed by atoms with Crippen LogP contribution in [0.15, 0.2) is 36.4 Å². The van der Waals surface area contributed by atoms with E-state index < -0.39 is 6.09 Å². The zero-order valence-corrected chi connectivity index (χ0v) is 18.7. The molecule has 0 spiro atoms. The van der Waals surface area contributed by atoms with Crippen LogP contribution in [0.25, 0.3) is 0 Å². The maximum atomic E-state index is 10.2. The Kier molecular flexibility index (Phi) is 7.83. The zero-order valence-electron chi connectivity index (χ0n) is 17.2. The topological polar surface area (TPSA) is 65.0 Å². The molecule has 1 fully saturated rings. The monoisotopic (exact) mass is 451 g/mol. The highest BCUT2D eigenvalue weighted by Crippen LogP contribution is 2.38. The van der Waals surface area contributed by atoms with Gasteiger partial charge >= 0.3 is 6.09 Å². The van der Waals surface area contributed by atoms with Crippen LogP contribution in [0.5, 0.6) is 0 Å². The third kappa shape index (κ3) is 5.58. The molecule has 0 radical (unpaired) electrons. The summed E-state index contributed by atoms with van der Waals surface area (Å²) < 4.78 is 4.94. The Hall–Kier alpha value is -1.99. The van der Waals surface area contributed by atoms with Crippen LogP contribution in [0, 0.1) is 0 Å². The minimum Gasteiger partial charge on any atom is -0.465 e. The van der Waals surface area contributed by atoms with Crippen molar-refractivity contribution >= 4 is 35.0 Å². The molecule has 1 atom stereocenters. The number of anilines is 1. The minimum atomic E-state index is -0.849. The quantitative estimate of drug-likeness (QED) is 0.697. The van der Waals surface area contributed by atoms with Crippen LogP contribution >= 0.6 is 23.2 Å². The largest absolute Gasteiger partial charge is 0.465 e. The maximum absolute atomic E-state index is 10.2. The molecule has 30 heavy (non-hydrogen) atoms. The van der Waals surface area contributed by atoms with Gasteiger partial charge in [0.1, 0.15) is 0 Å². The SMILES string of the molecule is CNc1ccc(C2CN(C)Cc3c(Cl)cc(Cl)cc32)cc1.O=C(O)N1CCOCC1. The number of likely N-dealkylation sites (N-methyl/N-ethyl adjacent to an activating group) is 1. The number of nitrogens with zero attached hydrogens (tertiary/aromatic N) is 2. The fraction of sp³-hybridized carbons (Fsp3) is 0.409. The third-order valence-corrected chi connectivity index (χ3v) is 5.93. The summed E-state index contributed by atoms with van der Waals surface area (Å²) in [6, 6.07) is 12.5. The normalized spacial score (nSPS) is 18.8. The van der Waals surface area contributed by atoms with Crippen molar-refractivity contribution in [3.05, 3.63) is 63.1 Å². The maximum Gasteiger partial charge on any atom is 0.407 e. The first-order valence-electron chi connectivity index (χ1n) is 9.88. The van der Waals surface area contributed by atoms with E-state index in [0.717, 1.165) is 23.8 Å². The van der Waals surface area contributed by atoms with Crippen molar-refractivity contribution in [1.29, 1.82) is 0 Å². The van der Waals surface area contributed by atoms with E-state index in [2.05, 4.69) is 47.6 Å². The van der Waals surface area contributed by atoms with Crippen molar-refractivity contribution < 1.29 is 14.6 Å². The van der Waals surface area contributed by atoms with E-state index in [4.69, 9.17) is 33.0 Å². The number of amides is 1. The van der Waals surface area contributed by atoms with Crippen LogP contribution in [0.2, 0.25) is 10.0 Å². The average Bonchev–Trinajstić information content (AvgIpc) is 2.75. The van der Waals surface area contributed by atoms with Crippen LogP contribution in [0.1, 0.15) is 22.6 Å². The molecular weight excluding hydrogens is 425 g/mol. The van der Waals surface area contributed by atoms with Crippen molar-refractivity contribution in [2.75, 3.05) is 52.3 Å². The molecule has 6 nitrogen and oxygen atoms in total. The molecular formula is C22H27Cl2N3O3. The summed E-state index contributed by atoms with van der Waals surface area (Å²) >= 11 is 12.6. The smallest absolute Gasteiger partial charge is 0.407 e. The highest BCUT2D eigenvalue weighted by atomic mass is 35.5. The minimum absolute atomic E-state index is 0.306. The second-order valence-corrected chi connectivity index (χ2v) is 8.30. The fourth-order valence-electron chi connectivity index (χ4n) is 3.77. The number of benzene rings is 2. The Balaban J connectivity index is 0.000000239. The summed E-state index contributed by atoms with van der Waals surface area (Å²) in [7, 11) is 4.06. The van der Waals surface area contributed by atoms with Crippen molar-refractivity contribution in [1.82, 2.24) is 9.80 Å². The summed E-state index contributed by atoms with van der Waals surface area (Å²) in [6.07, 6.45) is -0.849. The van der Waals surface area contributed by atoms with Crippen molar-refractivity contribution in [2.24, 2.45) is 0 Å². The van der Waals surface area contributed by atoms with E-state index in [1.807, 2.05) is 13.1 Å². The van der Waals surface area contributed by atoms with E-state index in [1.54, 1.807) is 0 Å². The van der Waals surface area contributed by atoms with Gasteiger partial charge < -0.3 is 25.0 Å². The lowest BCUT2D eigenvalue weighted by Crippen LogP contribution is -2.39. The van der Waals surface area contributed by atoms with Crippen LogP contribution in [-0.4, -0.2) is 67.9 Å². The lowest BCUT2D eigenvalue weighted by atomic mass is 9.85. The molecule has 2 aromatic rings. The molecule has 8 heteroatoms. The van der Waals surface area contributed by atoms with Gasteiger partial charge in [-0.25, -0.2) is 4.79 Å². The fourth-order valence-corrected chi connectivity index (χ4v) is 4.34. The van der Waals surface area contributed by atoms with Crippen LogP contribution < -0.4 is 5.32 Å². The van der Waals surface area contributed by atoms with E-state index >= 15 is 0 Å². The van der Waals surface area contributed by atoms with Crippen molar-refractivity contribution in [2.45, 2.75) is 12.5 Å². The number of nitrogens with one attached hydrogen (secondary N) is 1. The average molecular weight is 452 g/mol. The van der Waals surface area contributed by atoms with E-state index in [0.29, 0.717) is 37.2 Å². The zero-order chi connectivity index (χ0) is 21.7. The van der Waals surface area contributed by atoms with Gasteiger partial charge in [-0.05, 0) is 48.0 Å². The summed E-state index contributed by atoms with van der Waals surface area (Å²) in [5, 5.41) is 13.0. The van der Waals surface area contributed by atoms with Gasteiger partial charge in [0, 0.05) is 54.9 Å². The van der Waals surface area contributed by atoms with E-state index in [-0.39, 0.29) is 0 Å². The summed E-state index contributed by atoms with van der Waals surface area (Å²) in [5.41, 5.74) is 4.85. The summed E-state index contributed by atoms with van der Waals surface area (Å²) in [4.78, 5) is 13.9. The van der Waals surface area contributed by atoms with Gasteiger partial charge in [-0.1, -0.05) is 35.3 Å². The molecule has 2 heterocycles. The van der Waals surface area contributed by atoms with E-state index in [9.17, 15) is 4.79 Å². The molecule has 2 N–H and O–H groups in total. The molecule has 2 aliphatic rings. The third-order valence-electron chi connectivity index (χ3n) is 5.38. The number of morpholine rings is 1. The summed E-state index contributed by atoms with van der Waals surface area (Å²) in [6.45, 7) is 3.93.